The molecule has 0 fully saturated rings. The summed E-state index contributed by atoms with van der Waals surface area (Å²) in [7, 11) is 0. The first kappa shape index (κ1) is 16.6. The molecule has 0 bridgehead atoms. The van der Waals surface area contributed by atoms with Crippen LogP contribution >= 0.6 is 0 Å². The van der Waals surface area contributed by atoms with Gasteiger partial charge in [-0.2, -0.15) is 0 Å². The molecule has 0 atom stereocenters. The summed E-state index contributed by atoms with van der Waals surface area (Å²) in [6, 6.07) is 32.3. The molecule has 4 aromatic rings. The van der Waals surface area contributed by atoms with Gasteiger partial charge in [0.15, 0.2) is 0 Å². The number of benzene rings is 4. The average molecular weight is 337 g/mol. The van der Waals surface area contributed by atoms with Crippen LogP contribution in [0.1, 0.15) is 27.8 Å². The molecule has 1 nitrogen and oxygen atoms in total. The zero-order valence-electron chi connectivity index (χ0n) is 14.9. The molecule has 0 heterocycles. The van der Waals surface area contributed by atoms with Gasteiger partial charge in [-0.25, -0.2) is 0 Å². The predicted octanol–water partition coefficient (Wildman–Crippen LogP) is 5.48. The molecule has 0 amide bonds. The van der Waals surface area contributed by atoms with E-state index < -0.39 is 0 Å². The lowest BCUT2D eigenvalue weighted by Crippen LogP contribution is -2.08. The molecular formula is C25H23N. The third-order valence-electron chi connectivity index (χ3n) is 5.03. The van der Waals surface area contributed by atoms with Crippen LogP contribution < -0.4 is 5.73 Å². The Kier molecular flexibility index (Phi) is 4.81. The minimum atomic E-state index is 0.561. The lowest BCUT2D eigenvalue weighted by molar-refractivity contribution is 1.00. The molecule has 4 aromatic carbocycles. The summed E-state index contributed by atoms with van der Waals surface area (Å²) in [6.07, 6.45) is 1.85. The van der Waals surface area contributed by atoms with Crippen molar-refractivity contribution in [1.29, 1.82) is 0 Å². The van der Waals surface area contributed by atoms with E-state index >= 15 is 0 Å². The monoisotopic (exact) mass is 337 g/mol. The van der Waals surface area contributed by atoms with Crippen molar-refractivity contribution < 1.29 is 0 Å². The Morgan fingerprint density at radius 1 is 0.577 bits per heavy atom. The summed E-state index contributed by atoms with van der Waals surface area (Å²) < 4.78 is 0. The SMILES string of the molecule is NCc1c(Cc2ccccc2)c(Cc2ccccc2)cc2ccccc12. The highest BCUT2D eigenvalue weighted by Gasteiger charge is 2.13. The summed E-state index contributed by atoms with van der Waals surface area (Å²) in [4.78, 5) is 0. The Bertz CT molecular complexity index is 1000. The van der Waals surface area contributed by atoms with Crippen LogP contribution in [0.3, 0.4) is 0 Å². The van der Waals surface area contributed by atoms with Gasteiger partial charge in [0, 0.05) is 6.54 Å². The molecule has 2 N–H and O–H groups in total. The van der Waals surface area contributed by atoms with Gasteiger partial charge in [-0.15, -0.1) is 0 Å². The first-order valence-corrected chi connectivity index (χ1v) is 9.15. The number of nitrogens with two attached hydrogens (primary N) is 1. The van der Waals surface area contributed by atoms with Crippen LogP contribution in [-0.4, -0.2) is 0 Å². The third-order valence-corrected chi connectivity index (χ3v) is 5.03. The fraction of sp³-hybridized carbons (Fsp3) is 0.120. The van der Waals surface area contributed by atoms with Gasteiger partial charge < -0.3 is 5.73 Å². The van der Waals surface area contributed by atoms with E-state index in [0.717, 1.165) is 12.8 Å². The van der Waals surface area contributed by atoms with Gasteiger partial charge in [-0.1, -0.05) is 91.0 Å². The predicted molar refractivity (Wildman–Crippen MR) is 110 cm³/mol. The molecule has 0 aromatic heterocycles. The number of hydrogen-bond donors (Lipinski definition) is 1. The first-order chi connectivity index (χ1) is 12.8. The van der Waals surface area contributed by atoms with E-state index in [1.165, 1.54) is 38.6 Å². The molecule has 1 heteroatoms. The molecule has 0 saturated carbocycles. The van der Waals surface area contributed by atoms with Crippen LogP contribution in [0.25, 0.3) is 10.8 Å². The van der Waals surface area contributed by atoms with E-state index in [4.69, 9.17) is 5.73 Å². The molecule has 0 unspecified atom stereocenters. The molecule has 26 heavy (non-hydrogen) atoms. The van der Waals surface area contributed by atoms with Crippen LogP contribution in [0.5, 0.6) is 0 Å². The van der Waals surface area contributed by atoms with Crippen LogP contribution in [-0.2, 0) is 19.4 Å². The van der Waals surface area contributed by atoms with Crippen LogP contribution in [0.2, 0.25) is 0 Å². The molecule has 0 radical (unpaired) electrons. The Hall–Kier alpha value is -2.90. The summed E-state index contributed by atoms with van der Waals surface area (Å²) in [6.45, 7) is 0.561. The summed E-state index contributed by atoms with van der Waals surface area (Å²) in [5.41, 5.74) is 12.9. The molecule has 128 valence electrons. The van der Waals surface area contributed by atoms with Gasteiger partial charge in [0.2, 0.25) is 0 Å². The molecule has 0 aliphatic carbocycles. The Balaban J connectivity index is 1.88. The van der Waals surface area contributed by atoms with E-state index in [1.54, 1.807) is 0 Å². The lowest BCUT2D eigenvalue weighted by atomic mass is 9.87. The highest BCUT2D eigenvalue weighted by Crippen LogP contribution is 2.29. The topological polar surface area (TPSA) is 26.0 Å². The van der Waals surface area contributed by atoms with Crippen molar-refractivity contribution in [2.75, 3.05) is 0 Å². The normalized spacial score (nSPS) is 11.0. The van der Waals surface area contributed by atoms with E-state index in [2.05, 4.69) is 91.0 Å². The van der Waals surface area contributed by atoms with Crippen molar-refractivity contribution in [2.45, 2.75) is 19.4 Å². The summed E-state index contributed by atoms with van der Waals surface area (Å²) >= 11 is 0. The smallest absolute Gasteiger partial charge is 0.0187 e. The van der Waals surface area contributed by atoms with Crippen molar-refractivity contribution in [3.05, 3.63) is 119 Å². The maximum Gasteiger partial charge on any atom is 0.0187 e. The maximum atomic E-state index is 6.23. The number of fused-ring (bicyclic) bond motifs is 1. The fourth-order valence-electron chi connectivity index (χ4n) is 3.76. The molecule has 0 aliphatic rings. The largest absolute Gasteiger partial charge is 0.326 e. The standard InChI is InChI=1S/C25H23N/c26-18-25-23-14-8-7-13-21(23)17-22(15-19-9-3-1-4-10-19)24(25)16-20-11-5-2-6-12-20/h1-14,17H,15-16,18,26H2. The lowest BCUT2D eigenvalue weighted by Gasteiger charge is -2.18. The Morgan fingerprint density at radius 3 is 1.81 bits per heavy atom. The van der Waals surface area contributed by atoms with Crippen molar-refractivity contribution >= 4 is 10.8 Å². The molecule has 0 saturated heterocycles. The van der Waals surface area contributed by atoms with Gasteiger partial charge in [0.05, 0.1) is 0 Å². The number of rotatable bonds is 5. The highest BCUT2D eigenvalue weighted by atomic mass is 14.5. The molecule has 0 aliphatic heterocycles. The van der Waals surface area contributed by atoms with Crippen molar-refractivity contribution in [3.8, 4) is 0 Å². The molecular weight excluding hydrogens is 314 g/mol. The van der Waals surface area contributed by atoms with E-state index in [-0.39, 0.29) is 0 Å². The average Bonchev–Trinajstić information content (AvgIpc) is 2.70. The van der Waals surface area contributed by atoms with Crippen LogP contribution in [0, 0.1) is 0 Å². The van der Waals surface area contributed by atoms with Gasteiger partial charge >= 0.3 is 0 Å². The van der Waals surface area contributed by atoms with Gasteiger partial charge in [0.1, 0.15) is 0 Å². The minimum absolute atomic E-state index is 0.561. The van der Waals surface area contributed by atoms with E-state index in [9.17, 15) is 0 Å². The quantitative estimate of drug-likeness (QED) is 0.513. The van der Waals surface area contributed by atoms with Crippen LogP contribution in [0.15, 0.2) is 91.0 Å². The third kappa shape index (κ3) is 3.40. The van der Waals surface area contributed by atoms with Gasteiger partial charge in [-0.3, -0.25) is 0 Å². The van der Waals surface area contributed by atoms with Crippen LogP contribution in [0.4, 0.5) is 0 Å². The fourth-order valence-corrected chi connectivity index (χ4v) is 3.76. The van der Waals surface area contributed by atoms with Crippen molar-refractivity contribution in [2.24, 2.45) is 5.73 Å². The second-order valence-electron chi connectivity index (χ2n) is 6.74. The highest BCUT2D eigenvalue weighted by molar-refractivity contribution is 5.88. The zero-order valence-corrected chi connectivity index (χ0v) is 14.9. The first-order valence-electron chi connectivity index (χ1n) is 9.15. The van der Waals surface area contributed by atoms with Gasteiger partial charge in [0.25, 0.3) is 0 Å². The molecule has 0 spiro atoms. The summed E-state index contributed by atoms with van der Waals surface area (Å²) in [5, 5.41) is 2.55. The maximum absolute atomic E-state index is 6.23. The summed E-state index contributed by atoms with van der Waals surface area (Å²) in [5.74, 6) is 0. The Morgan fingerprint density at radius 2 is 1.15 bits per heavy atom. The minimum Gasteiger partial charge on any atom is -0.326 e. The van der Waals surface area contributed by atoms with Crippen molar-refractivity contribution in [1.82, 2.24) is 0 Å². The van der Waals surface area contributed by atoms with E-state index in [0.29, 0.717) is 6.54 Å². The Labute approximate surface area is 155 Å². The second-order valence-corrected chi connectivity index (χ2v) is 6.74. The van der Waals surface area contributed by atoms with E-state index in [1.807, 2.05) is 0 Å². The molecule has 4 rings (SSSR count). The zero-order chi connectivity index (χ0) is 17.8. The number of hydrogen-bond acceptors (Lipinski definition) is 1. The second kappa shape index (κ2) is 7.55. The van der Waals surface area contributed by atoms with Crippen molar-refractivity contribution in [3.63, 3.8) is 0 Å². The van der Waals surface area contributed by atoms with Gasteiger partial charge in [-0.05, 0) is 51.4 Å².